The molecule has 8 heteroatoms. The Bertz CT molecular complexity index is 1070. The Morgan fingerprint density at radius 2 is 1.80 bits per heavy atom. The molecule has 0 spiro atoms. The Kier molecular flexibility index (Phi) is 5.54. The number of amidine groups is 1. The molecular formula is C22H19ClN4O3. The van der Waals surface area contributed by atoms with E-state index in [1.54, 1.807) is 53.5 Å². The van der Waals surface area contributed by atoms with E-state index in [0.717, 1.165) is 5.69 Å². The van der Waals surface area contributed by atoms with E-state index in [-0.39, 0.29) is 17.5 Å². The Balaban J connectivity index is 1.71. The first-order valence-electron chi connectivity index (χ1n) is 9.45. The average molecular weight is 423 g/mol. The topological polar surface area (TPSA) is 78.1 Å². The van der Waals surface area contributed by atoms with Crippen molar-refractivity contribution in [1.29, 1.82) is 0 Å². The van der Waals surface area contributed by atoms with Gasteiger partial charge in [-0.15, -0.1) is 5.10 Å². The van der Waals surface area contributed by atoms with Crippen molar-refractivity contribution in [1.82, 2.24) is 10.4 Å². The van der Waals surface area contributed by atoms with Crippen molar-refractivity contribution >= 4 is 34.8 Å². The summed E-state index contributed by atoms with van der Waals surface area (Å²) in [5.74, 6) is -0.563. The third kappa shape index (κ3) is 3.79. The van der Waals surface area contributed by atoms with Crippen LogP contribution < -0.4 is 10.4 Å². The van der Waals surface area contributed by atoms with Gasteiger partial charge in [0, 0.05) is 10.6 Å². The van der Waals surface area contributed by atoms with Crippen molar-refractivity contribution < 1.29 is 14.0 Å². The third-order valence-electron chi connectivity index (χ3n) is 4.67. The summed E-state index contributed by atoms with van der Waals surface area (Å²) in [4.78, 5) is 25.9. The van der Waals surface area contributed by atoms with Gasteiger partial charge in [0.25, 0.3) is 11.7 Å². The number of nitrogens with one attached hydrogen (secondary N) is 1. The standard InChI is InChI=1S/C22H19ClN4O3/c1-2-19-26(17-12-10-16(23)11-13-17)24-21(20(28)18-9-6-14-30-18)27(19)25-22(29)15-7-4-3-5-8-15/h3-14,19H,2H2,1H3,(H,25,29). The molecule has 30 heavy (non-hydrogen) atoms. The fourth-order valence-corrected chi connectivity index (χ4v) is 3.34. The SMILES string of the molecule is CCC1N(NC(=O)c2ccccc2)C(C(=O)c2ccco2)=NN1c1ccc(Cl)cc1. The largest absolute Gasteiger partial charge is 0.461 e. The first kappa shape index (κ1) is 19.7. The minimum absolute atomic E-state index is 0.0658. The summed E-state index contributed by atoms with van der Waals surface area (Å²) < 4.78 is 5.27. The minimum Gasteiger partial charge on any atom is -0.461 e. The molecule has 3 aromatic rings. The molecular weight excluding hydrogens is 404 g/mol. The number of rotatable bonds is 6. The van der Waals surface area contributed by atoms with Gasteiger partial charge in [-0.3, -0.25) is 15.0 Å². The van der Waals surface area contributed by atoms with Crippen LogP contribution in [0.3, 0.4) is 0 Å². The predicted molar refractivity (Wildman–Crippen MR) is 114 cm³/mol. The van der Waals surface area contributed by atoms with E-state index < -0.39 is 11.9 Å². The number of carbonyl (C=O) groups is 2. The maximum absolute atomic E-state index is 13.1. The summed E-state index contributed by atoms with van der Waals surface area (Å²) in [6.45, 7) is 1.95. The average Bonchev–Trinajstić information content (AvgIpc) is 3.43. The number of benzene rings is 2. The first-order chi connectivity index (χ1) is 14.6. The number of amides is 1. The Morgan fingerprint density at radius 1 is 1.07 bits per heavy atom. The zero-order valence-corrected chi connectivity index (χ0v) is 16.9. The molecule has 1 aliphatic rings. The molecule has 1 N–H and O–H groups in total. The second kappa shape index (κ2) is 8.42. The summed E-state index contributed by atoms with van der Waals surface area (Å²) in [6, 6.07) is 19.1. The molecule has 0 fully saturated rings. The van der Waals surface area contributed by atoms with Crippen molar-refractivity contribution in [2.24, 2.45) is 5.10 Å². The Hall–Kier alpha value is -3.58. The quantitative estimate of drug-likeness (QED) is 0.598. The number of hydrazone groups is 1. The van der Waals surface area contributed by atoms with Crippen LogP contribution in [-0.4, -0.2) is 28.7 Å². The number of hydrazine groups is 1. The van der Waals surface area contributed by atoms with E-state index in [1.165, 1.54) is 11.3 Å². The highest BCUT2D eigenvalue weighted by Gasteiger charge is 2.39. The normalized spacial score (nSPS) is 15.8. The molecule has 1 atom stereocenters. The summed E-state index contributed by atoms with van der Waals surface area (Å²) in [7, 11) is 0. The van der Waals surface area contributed by atoms with Crippen LogP contribution in [0.1, 0.15) is 34.3 Å². The van der Waals surface area contributed by atoms with Crippen molar-refractivity contribution in [2.75, 3.05) is 5.01 Å². The van der Waals surface area contributed by atoms with E-state index in [1.807, 2.05) is 25.1 Å². The summed E-state index contributed by atoms with van der Waals surface area (Å²) in [6.07, 6.45) is 1.59. The third-order valence-corrected chi connectivity index (χ3v) is 4.93. The van der Waals surface area contributed by atoms with E-state index in [0.29, 0.717) is 17.0 Å². The number of anilines is 1. The van der Waals surface area contributed by atoms with Gasteiger partial charge in [0.2, 0.25) is 5.84 Å². The molecule has 0 saturated heterocycles. The number of nitrogens with zero attached hydrogens (tertiary/aromatic N) is 3. The molecule has 0 aliphatic carbocycles. The second-order valence-corrected chi connectivity index (χ2v) is 7.05. The summed E-state index contributed by atoms with van der Waals surface area (Å²) >= 11 is 6.01. The maximum atomic E-state index is 13.1. The van der Waals surface area contributed by atoms with Crippen LogP contribution in [0.25, 0.3) is 0 Å². The lowest BCUT2D eigenvalue weighted by atomic mass is 10.2. The molecule has 0 bridgehead atoms. The van der Waals surface area contributed by atoms with E-state index in [9.17, 15) is 9.59 Å². The molecule has 1 aromatic heterocycles. The molecule has 2 aromatic carbocycles. The van der Waals surface area contributed by atoms with Gasteiger partial charge >= 0.3 is 0 Å². The number of Topliss-reactive ketones (excluding diaryl/α,β-unsaturated/α-hetero) is 1. The molecule has 0 radical (unpaired) electrons. The minimum atomic E-state index is -0.428. The number of ketones is 1. The Morgan fingerprint density at radius 3 is 2.43 bits per heavy atom. The second-order valence-electron chi connectivity index (χ2n) is 6.62. The molecule has 4 rings (SSSR count). The van der Waals surface area contributed by atoms with Crippen LogP contribution in [0, 0.1) is 0 Å². The van der Waals surface area contributed by atoms with Crippen LogP contribution >= 0.6 is 11.6 Å². The molecule has 0 saturated carbocycles. The van der Waals surface area contributed by atoms with Crippen LogP contribution in [0.15, 0.2) is 82.5 Å². The van der Waals surface area contributed by atoms with Crippen molar-refractivity contribution in [3.63, 3.8) is 0 Å². The number of furan rings is 1. The van der Waals surface area contributed by atoms with Gasteiger partial charge in [-0.05, 0) is 55.0 Å². The molecule has 7 nitrogen and oxygen atoms in total. The Labute approximate surface area is 178 Å². The molecule has 1 amide bonds. The zero-order chi connectivity index (χ0) is 21.1. The smallest absolute Gasteiger partial charge is 0.269 e. The van der Waals surface area contributed by atoms with Gasteiger partial charge in [-0.2, -0.15) is 0 Å². The van der Waals surface area contributed by atoms with Gasteiger partial charge in [0.15, 0.2) is 5.76 Å². The highest BCUT2D eigenvalue weighted by Crippen LogP contribution is 2.28. The van der Waals surface area contributed by atoms with Gasteiger partial charge in [0.05, 0.1) is 12.0 Å². The summed E-state index contributed by atoms with van der Waals surface area (Å²) in [5, 5.41) is 8.31. The number of carbonyl (C=O) groups excluding carboxylic acids is 2. The number of halogens is 1. The molecule has 1 aliphatic heterocycles. The van der Waals surface area contributed by atoms with Crippen molar-refractivity contribution in [3.8, 4) is 0 Å². The summed E-state index contributed by atoms with van der Waals surface area (Å²) in [5.41, 5.74) is 4.05. The lowest BCUT2D eigenvalue weighted by molar-refractivity contribution is 0.0830. The van der Waals surface area contributed by atoms with E-state index in [4.69, 9.17) is 16.0 Å². The molecule has 1 unspecified atom stereocenters. The van der Waals surface area contributed by atoms with Crippen LogP contribution in [0.5, 0.6) is 0 Å². The van der Waals surface area contributed by atoms with Gasteiger partial charge in [0.1, 0.15) is 6.17 Å². The van der Waals surface area contributed by atoms with Crippen LogP contribution in [-0.2, 0) is 0 Å². The maximum Gasteiger partial charge on any atom is 0.269 e. The molecule has 152 valence electrons. The molecule has 2 heterocycles. The monoisotopic (exact) mass is 422 g/mol. The van der Waals surface area contributed by atoms with Gasteiger partial charge in [-0.25, -0.2) is 10.0 Å². The number of hydrogen-bond acceptors (Lipinski definition) is 6. The lowest BCUT2D eigenvalue weighted by Crippen LogP contribution is -2.53. The van der Waals surface area contributed by atoms with Crippen LogP contribution in [0.2, 0.25) is 5.02 Å². The fraction of sp³-hybridized carbons (Fsp3) is 0.136. The number of hydrogen-bond donors (Lipinski definition) is 1. The highest BCUT2D eigenvalue weighted by atomic mass is 35.5. The van der Waals surface area contributed by atoms with Crippen LogP contribution in [0.4, 0.5) is 5.69 Å². The first-order valence-corrected chi connectivity index (χ1v) is 9.83. The predicted octanol–water partition coefficient (Wildman–Crippen LogP) is 4.33. The lowest BCUT2D eigenvalue weighted by Gasteiger charge is -2.30. The zero-order valence-electron chi connectivity index (χ0n) is 16.2. The van der Waals surface area contributed by atoms with E-state index in [2.05, 4.69) is 10.5 Å². The fourth-order valence-electron chi connectivity index (χ4n) is 3.21. The van der Waals surface area contributed by atoms with Crippen molar-refractivity contribution in [2.45, 2.75) is 19.5 Å². The van der Waals surface area contributed by atoms with Crippen molar-refractivity contribution in [3.05, 3.63) is 89.3 Å². The van der Waals surface area contributed by atoms with E-state index >= 15 is 0 Å². The van der Waals surface area contributed by atoms with Gasteiger partial charge in [-0.1, -0.05) is 36.7 Å². The van der Waals surface area contributed by atoms with Gasteiger partial charge < -0.3 is 4.42 Å². The highest BCUT2D eigenvalue weighted by molar-refractivity contribution is 6.45.